The number of hydrogen-bond acceptors (Lipinski definition) is 3. The van der Waals surface area contributed by atoms with E-state index in [-0.39, 0.29) is 23.7 Å². The first-order chi connectivity index (χ1) is 11.6. The molecule has 2 fully saturated rings. The Morgan fingerprint density at radius 1 is 1.42 bits per heavy atom. The van der Waals surface area contributed by atoms with Gasteiger partial charge in [0.2, 0.25) is 0 Å². The van der Waals surface area contributed by atoms with Crippen LogP contribution in [0.4, 0.5) is 4.79 Å². The summed E-state index contributed by atoms with van der Waals surface area (Å²) in [7, 11) is 1.67. The van der Waals surface area contributed by atoms with Crippen LogP contribution >= 0.6 is 0 Å². The van der Waals surface area contributed by atoms with Crippen molar-refractivity contribution in [3.05, 3.63) is 35.9 Å². The number of rotatable bonds is 5. The van der Waals surface area contributed by atoms with Crippen LogP contribution in [-0.2, 0) is 15.9 Å². The summed E-state index contributed by atoms with van der Waals surface area (Å²) in [6.07, 6.45) is 4.10. The molecule has 1 heterocycles. The standard InChI is InChI=1S/C19H28N2O3/c1-15-12-24-19(9-6-10-19)14-21(15)18(22)20-17(13-23-2)11-16-7-4-3-5-8-16/h3-5,7-8,15,17H,6,9-14H2,1-2H3,(H,20,22). The maximum atomic E-state index is 12.8. The minimum Gasteiger partial charge on any atom is -0.383 e. The van der Waals surface area contributed by atoms with Crippen molar-refractivity contribution >= 4 is 6.03 Å². The van der Waals surface area contributed by atoms with Gasteiger partial charge < -0.3 is 19.7 Å². The van der Waals surface area contributed by atoms with Gasteiger partial charge in [0.1, 0.15) is 0 Å². The van der Waals surface area contributed by atoms with Crippen molar-refractivity contribution < 1.29 is 14.3 Å². The van der Waals surface area contributed by atoms with Crippen LogP contribution in [0.5, 0.6) is 0 Å². The molecule has 1 N–H and O–H groups in total. The van der Waals surface area contributed by atoms with Gasteiger partial charge in [-0.05, 0) is 38.2 Å². The summed E-state index contributed by atoms with van der Waals surface area (Å²) in [5.74, 6) is 0. The van der Waals surface area contributed by atoms with E-state index in [1.807, 2.05) is 30.0 Å². The number of hydrogen-bond donors (Lipinski definition) is 1. The molecule has 0 radical (unpaired) electrons. The molecule has 5 nitrogen and oxygen atoms in total. The third kappa shape index (κ3) is 3.90. The Kier molecular flexibility index (Phi) is 5.41. The summed E-state index contributed by atoms with van der Waals surface area (Å²) >= 11 is 0. The first-order valence-electron chi connectivity index (χ1n) is 8.86. The molecule has 0 bridgehead atoms. The van der Waals surface area contributed by atoms with Crippen LogP contribution in [0.2, 0.25) is 0 Å². The highest BCUT2D eigenvalue weighted by Gasteiger charge is 2.45. The minimum absolute atomic E-state index is 0.00458. The number of ether oxygens (including phenoxy) is 2. The van der Waals surface area contributed by atoms with Crippen LogP contribution in [0.3, 0.4) is 0 Å². The molecular weight excluding hydrogens is 304 g/mol. The molecule has 1 spiro atoms. The molecule has 0 aromatic heterocycles. The van der Waals surface area contributed by atoms with Gasteiger partial charge in [-0.15, -0.1) is 0 Å². The maximum Gasteiger partial charge on any atom is 0.318 e. The predicted octanol–water partition coefficient (Wildman–Crippen LogP) is 2.60. The Hall–Kier alpha value is -1.59. The van der Waals surface area contributed by atoms with Gasteiger partial charge in [-0.2, -0.15) is 0 Å². The predicted molar refractivity (Wildman–Crippen MR) is 93.0 cm³/mol. The molecule has 2 unspecified atom stereocenters. The lowest BCUT2D eigenvalue weighted by molar-refractivity contribution is -0.157. The number of amides is 2. The quantitative estimate of drug-likeness (QED) is 0.902. The van der Waals surface area contributed by atoms with E-state index in [2.05, 4.69) is 17.4 Å². The van der Waals surface area contributed by atoms with Crippen molar-refractivity contribution in [2.75, 3.05) is 26.9 Å². The number of urea groups is 1. The monoisotopic (exact) mass is 332 g/mol. The Bertz CT molecular complexity index is 545. The van der Waals surface area contributed by atoms with Crippen LogP contribution in [0.15, 0.2) is 30.3 Å². The molecule has 1 aromatic rings. The lowest BCUT2D eigenvalue weighted by Crippen LogP contribution is -2.63. The molecule has 1 aliphatic heterocycles. The lowest BCUT2D eigenvalue weighted by atomic mass is 9.78. The molecule has 5 heteroatoms. The smallest absolute Gasteiger partial charge is 0.318 e. The van der Waals surface area contributed by atoms with Crippen molar-refractivity contribution in [3.8, 4) is 0 Å². The zero-order chi connectivity index (χ0) is 17.0. The zero-order valence-electron chi connectivity index (χ0n) is 14.7. The number of carbonyl (C=O) groups is 1. The molecule has 2 aliphatic rings. The average molecular weight is 332 g/mol. The van der Waals surface area contributed by atoms with Crippen LogP contribution in [0.25, 0.3) is 0 Å². The molecule has 1 aliphatic carbocycles. The Morgan fingerprint density at radius 2 is 2.17 bits per heavy atom. The van der Waals surface area contributed by atoms with Gasteiger partial charge in [0.05, 0.1) is 37.4 Å². The number of carbonyl (C=O) groups excluding carboxylic acids is 1. The van der Waals surface area contributed by atoms with Crippen molar-refractivity contribution in [3.63, 3.8) is 0 Å². The van der Waals surface area contributed by atoms with Gasteiger partial charge in [-0.25, -0.2) is 4.79 Å². The fraction of sp³-hybridized carbons (Fsp3) is 0.632. The SMILES string of the molecule is COCC(Cc1ccccc1)NC(=O)N1CC2(CCC2)OCC1C. The summed E-state index contributed by atoms with van der Waals surface area (Å²) < 4.78 is 11.3. The van der Waals surface area contributed by atoms with E-state index >= 15 is 0 Å². The van der Waals surface area contributed by atoms with Crippen LogP contribution < -0.4 is 5.32 Å². The highest BCUT2D eigenvalue weighted by atomic mass is 16.5. The summed E-state index contributed by atoms with van der Waals surface area (Å²) in [6, 6.07) is 10.3. The van der Waals surface area contributed by atoms with Crippen molar-refractivity contribution in [2.45, 2.75) is 50.3 Å². The second-order valence-electron chi connectivity index (χ2n) is 7.12. The van der Waals surface area contributed by atoms with Crippen molar-refractivity contribution in [1.82, 2.24) is 10.2 Å². The Balaban J connectivity index is 1.61. The third-order valence-corrected chi connectivity index (χ3v) is 5.17. The van der Waals surface area contributed by atoms with Gasteiger partial charge in [0.15, 0.2) is 0 Å². The van der Waals surface area contributed by atoms with E-state index < -0.39 is 0 Å². The van der Waals surface area contributed by atoms with Crippen LogP contribution in [-0.4, -0.2) is 55.5 Å². The molecule has 3 rings (SSSR count). The van der Waals surface area contributed by atoms with E-state index in [9.17, 15) is 4.79 Å². The highest BCUT2D eigenvalue weighted by Crippen LogP contribution is 2.39. The fourth-order valence-corrected chi connectivity index (χ4v) is 3.55. The number of benzene rings is 1. The molecule has 2 amide bonds. The van der Waals surface area contributed by atoms with E-state index in [1.165, 1.54) is 12.0 Å². The maximum absolute atomic E-state index is 12.8. The van der Waals surface area contributed by atoms with E-state index in [0.717, 1.165) is 19.3 Å². The van der Waals surface area contributed by atoms with Gasteiger partial charge in [-0.3, -0.25) is 0 Å². The normalized spacial score (nSPS) is 23.6. The zero-order valence-corrected chi connectivity index (χ0v) is 14.7. The molecule has 1 saturated carbocycles. The largest absolute Gasteiger partial charge is 0.383 e. The lowest BCUT2D eigenvalue weighted by Gasteiger charge is -2.50. The van der Waals surface area contributed by atoms with Crippen LogP contribution in [0, 0.1) is 0 Å². The van der Waals surface area contributed by atoms with E-state index in [0.29, 0.717) is 19.8 Å². The molecule has 1 aromatic carbocycles. The fourth-order valence-electron chi connectivity index (χ4n) is 3.55. The molecular formula is C19H28N2O3. The average Bonchev–Trinajstić information content (AvgIpc) is 2.55. The van der Waals surface area contributed by atoms with Crippen LogP contribution in [0.1, 0.15) is 31.7 Å². The third-order valence-electron chi connectivity index (χ3n) is 5.17. The summed E-state index contributed by atoms with van der Waals surface area (Å²) in [5, 5.41) is 3.16. The number of nitrogens with one attached hydrogen (secondary N) is 1. The Morgan fingerprint density at radius 3 is 2.79 bits per heavy atom. The molecule has 2 atom stereocenters. The summed E-state index contributed by atoms with van der Waals surface area (Å²) in [5.41, 5.74) is 1.12. The first kappa shape index (κ1) is 17.2. The number of nitrogens with zero attached hydrogens (tertiary/aromatic N) is 1. The molecule has 1 saturated heterocycles. The van der Waals surface area contributed by atoms with Gasteiger partial charge in [0.25, 0.3) is 0 Å². The highest BCUT2D eigenvalue weighted by molar-refractivity contribution is 5.75. The molecule has 132 valence electrons. The topological polar surface area (TPSA) is 50.8 Å². The number of methoxy groups -OCH3 is 1. The van der Waals surface area contributed by atoms with Gasteiger partial charge in [0, 0.05) is 7.11 Å². The van der Waals surface area contributed by atoms with Gasteiger partial charge in [-0.1, -0.05) is 30.3 Å². The summed E-state index contributed by atoms with van der Waals surface area (Å²) in [6.45, 7) is 3.88. The molecule has 24 heavy (non-hydrogen) atoms. The minimum atomic E-state index is -0.0833. The number of morpholine rings is 1. The van der Waals surface area contributed by atoms with Crippen molar-refractivity contribution in [1.29, 1.82) is 0 Å². The Labute approximate surface area is 144 Å². The summed E-state index contributed by atoms with van der Waals surface area (Å²) in [4.78, 5) is 14.8. The van der Waals surface area contributed by atoms with E-state index in [1.54, 1.807) is 7.11 Å². The van der Waals surface area contributed by atoms with Gasteiger partial charge >= 0.3 is 6.03 Å². The second kappa shape index (κ2) is 7.53. The van der Waals surface area contributed by atoms with E-state index in [4.69, 9.17) is 9.47 Å². The first-order valence-corrected chi connectivity index (χ1v) is 8.86. The second-order valence-corrected chi connectivity index (χ2v) is 7.12. The van der Waals surface area contributed by atoms with Crippen molar-refractivity contribution in [2.24, 2.45) is 0 Å².